The minimum Gasteiger partial charge on any atom is -0.351 e. The first-order valence-electron chi connectivity index (χ1n) is 10.1. The molecule has 3 N–H and O–H groups in total. The second kappa shape index (κ2) is 9.13. The maximum atomic E-state index is 12.8. The molecule has 0 bridgehead atoms. The van der Waals surface area contributed by atoms with Gasteiger partial charge in [0.2, 0.25) is 5.91 Å². The van der Waals surface area contributed by atoms with E-state index in [1.54, 1.807) is 30.6 Å². The van der Waals surface area contributed by atoms with Crippen LogP contribution < -0.4 is 10.6 Å². The molecule has 0 aliphatic heterocycles. The lowest BCUT2D eigenvalue weighted by molar-refractivity contribution is -0.117. The Hall–Kier alpha value is -3.12. The lowest BCUT2D eigenvalue weighted by Crippen LogP contribution is -2.53. The van der Waals surface area contributed by atoms with Crippen molar-refractivity contribution in [2.45, 2.75) is 37.8 Å². The van der Waals surface area contributed by atoms with Gasteiger partial charge in [-0.05, 0) is 60.9 Å². The number of amides is 2. The number of nitrogens with zero attached hydrogens (tertiary/aromatic N) is 1. The molecule has 3 aromatic rings. The lowest BCUT2D eigenvalue weighted by Gasteiger charge is -2.32. The fraction of sp³-hybridized carbons (Fsp3) is 0.261. The quantitative estimate of drug-likeness (QED) is 0.541. The summed E-state index contributed by atoms with van der Waals surface area (Å²) in [4.78, 5) is 32.3. The van der Waals surface area contributed by atoms with Gasteiger partial charge in [0.25, 0.3) is 5.91 Å². The zero-order valence-electron chi connectivity index (χ0n) is 16.4. The van der Waals surface area contributed by atoms with Crippen molar-refractivity contribution in [3.63, 3.8) is 0 Å². The highest BCUT2D eigenvalue weighted by Crippen LogP contribution is 2.22. The molecule has 2 aromatic heterocycles. The van der Waals surface area contributed by atoms with E-state index in [0.29, 0.717) is 10.7 Å². The zero-order valence-corrected chi connectivity index (χ0v) is 17.2. The van der Waals surface area contributed by atoms with Gasteiger partial charge in [0.1, 0.15) is 5.69 Å². The lowest BCUT2D eigenvalue weighted by atomic mass is 9.90. The highest BCUT2D eigenvalue weighted by atomic mass is 35.5. The number of carbonyl (C=O) groups is 2. The standard InChI is InChI=1S/C23H23ClN4O2/c24-17-6-7-18-16(13-17)14-21(26-18)23(30)28-20-4-2-1-3-19(20)27-22(29)8-5-15-9-11-25-12-10-15/h5-14,19-20,26H,1-4H2,(H,27,29)(H,28,30)/t19-,20+/m1/s1. The molecule has 4 rings (SSSR count). The Morgan fingerprint density at radius 3 is 2.53 bits per heavy atom. The Balaban J connectivity index is 1.40. The van der Waals surface area contributed by atoms with Gasteiger partial charge in [-0.1, -0.05) is 24.4 Å². The Kier molecular flexibility index (Phi) is 6.14. The fourth-order valence-electron chi connectivity index (χ4n) is 3.83. The number of fused-ring (bicyclic) bond motifs is 1. The molecule has 2 atom stereocenters. The molecular weight excluding hydrogens is 400 g/mol. The van der Waals surface area contributed by atoms with Crippen molar-refractivity contribution in [1.82, 2.24) is 20.6 Å². The molecule has 2 amide bonds. The van der Waals surface area contributed by atoms with Gasteiger partial charge in [-0.15, -0.1) is 0 Å². The van der Waals surface area contributed by atoms with Gasteiger partial charge in [-0.3, -0.25) is 14.6 Å². The van der Waals surface area contributed by atoms with Crippen LogP contribution >= 0.6 is 11.6 Å². The SMILES string of the molecule is O=C(C=Cc1ccncc1)N[C@@H]1CCCC[C@@H]1NC(=O)c1cc2cc(Cl)ccc2[nH]1. The van der Waals surface area contributed by atoms with E-state index in [0.717, 1.165) is 42.1 Å². The second-order valence-corrected chi connectivity index (χ2v) is 7.94. The smallest absolute Gasteiger partial charge is 0.268 e. The minimum absolute atomic E-state index is 0.101. The van der Waals surface area contributed by atoms with E-state index in [9.17, 15) is 9.59 Å². The first-order chi connectivity index (χ1) is 14.6. The number of nitrogens with one attached hydrogen (secondary N) is 3. The third kappa shape index (κ3) is 4.89. The van der Waals surface area contributed by atoms with Crippen LogP contribution in [-0.2, 0) is 4.79 Å². The number of hydrogen-bond acceptors (Lipinski definition) is 3. The molecule has 0 saturated heterocycles. The average Bonchev–Trinajstić information content (AvgIpc) is 3.18. The van der Waals surface area contributed by atoms with Crippen LogP contribution in [0.4, 0.5) is 0 Å². The number of rotatable bonds is 5. The first kappa shape index (κ1) is 20.2. The third-order valence-electron chi connectivity index (χ3n) is 5.37. The fourth-order valence-corrected chi connectivity index (χ4v) is 4.01. The molecule has 0 spiro atoms. The van der Waals surface area contributed by atoms with E-state index in [4.69, 9.17) is 11.6 Å². The number of pyridine rings is 1. The van der Waals surface area contributed by atoms with Gasteiger partial charge in [0.15, 0.2) is 0 Å². The van der Waals surface area contributed by atoms with E-state index in [1.807, 2.05) is 24.3 Å². The molecule has 1 fully saturated rings. The molecule has 1 aliphatic carbocycles. The van der Waals surface area contributed by atoms with Crippen LogP contribution in [-0.4, -0.2) is 33.9 Å². The summed E-state index contributed by atoms with van der Waals surface area (Å²) >= 11 is 6.03. The summed E-state index contributed by atoms with van der Waals surface area (Å²) in [5.74, 6) is -0.348. The molecule has 154 valence electrons. The van der Waals surface area contributed by atoms with Crippen molar-refractivity contribution in [3.8, 4) is 0 Å². The van der Waals surface area contributed by atoms with Gasteiger partial charge in [0, 0.05) is 46.5 Å². The highest BCUT2D eigenvalue weighted by molar-refractivity contribution is 6.31. The van der Waals surface area contributed by atoms with Crippen molar-refractivity contribution < 1.29 is 9.59 Å². The maximum absolute atomic E-state index is 12.8. The summed E-state index contributed by atoms with van der Waals surface area (Å²) in [5, 5.41) is 7.66. The van der Waals surface area contributed by atoms with Crippen molar-refractivity contribution in [2.24, 2.45) is 0 Å². The summed E-state index contributed by atoms with van der Waals surface area (Å²) < 4.78 is 0. The van der Waals surface area contributed by atoms with Crippen molar-refractivity contribution >= 4 is 40.4 Å². The Labute approximate surface area is 179 Å². The molecule has 1 aliphatic rings. The molecule has 30 heavy (non-hydrogen) atoms. The molecule has 2 heterocycles. The van der Waals surface area contributed by atoms with Gasteiger partial charge >= 0.3 is 0 Å². The van der Waals surface area contributed by atoms with E-state index in [2.05, 4.69) is 20.6 Å². The Morgan fingerprint density at radius 2 is 1.77 bits per heavy atom. The van der Waals surface area contributed by atoms with Crippen LogP contribution in [0.5, 0.6) is 0 Å². The van der Waals surface area contributed by atoms with Crippen molar-refractivity contribution in [3.05, 3.63) is 71.1 Å². The van der Waals surface area contributed by atoms with E-state index >= 15 is 0 Å². The van der Waals surface area contributed by atoms with E-state index in [1.165, 1.54) is 6.08 Å². The molecule has 6 nitrogen and oxygen atoms in total. The predicted molar refractivity (Wildman–Crippen MR) is 118 cm³/mol. The Morgan fingerprint density at radius 1 is 1.03 bits per heavy atom. The van der Waals surface area contributed by atoms with E-state index in [-0.39, 0.29) is 23.9 Å². The van der Waals surface area contributed by atoms with Gasteiger partial charge < -0.3 is 15.6 Å². The second-order valence-electron chi connectivity index (χ2n) is 7.51. The molecule has 0 unspecified atom stereocenters. The highest BCUT2D eigenvalue weighted by Gasteiger charge is 2.28. The molecule has 0 radical (unpaired) electrons. The van der Waals surface area contributed by atoms with E-state index < -0.39 is 0 Å². The number of aromatic nitrogens is 2. The average molecular weight is 423 g/mol. The monoisotopic (exact) mass is 422 g/mol. The first-order valence-corrected chi connectivity index (χ1v) is 10.4. The summed E-state index contributed by atoms with van der Waals surface area (Å²) in [6.07, 6.45) is 10.3. The molecular formula is C23H23ClN4O2. The molecule has 1 saturated carbocycles. The largest absolute Gasteiger partial charge is 0.351 e. The zero-order chi connectivity index (χ0) is 20.9. The van der Waals surface area contributed by atoms with Gasteiger partial charge in [0.05, 0.1) is 0 Å². The summed E-state index contributed by atoms with van der Waals surface area (Å²) in [6.45, 7) is 0. The summed E-state index contributed by atoms with van der Waals surface area (Å²) in [5.41, 5.74) is 2.26. The minimum atomic E-state index is -0.180. The number of halogens is 1. The summed E-state index contributed by atoms with van der Waals surface area (Å²) in [7, 11) is 0. The van der Waals surface area contributed by atoms with Crippen LogP contribution in [0.25, 0.3) is 17.0 Å². The van der Waals surface area contributed by atoms with Crippen molar-refractivity contribution in [2.75, 3.05) is 0 Å². The number of aromatic amines is 1. The topological polar surface area (TPSA) is 86.9 Å². The molecule has 7 heteroatoms. The summed E-state index contributed by atoms with van der Waals surface area (Å²) in [6, 6.07) is 10.7. The Bertz CT molecular complexity index is 1080. The van der Waals surface area contributed by atoms with Gasteiger partial charge in [-0.25, -0.2) is 0 Å². The van der Waals surface area contributed by atoms with Crippen LogP contribution in [0.15, 0.2) is 54.9 Å². The number of H-pyrrole nitrogens is 1. The van der Waals surface area contributed by atoms with Crippen LogP contribution in [0.3, 0.4) is 0 Å². The van der Waals surface area contributed by atoms with Crippen LogP contribution in [0.1, 0.15) is 41.7 Å². The predicted octanol–water partition coefficient (Wildman–Crippen LogP) is 4.09. The number of hydrogen-bond donors (Lipinski definition) is 3. The number of carbonyl (C=O) groups excluding carboxylic acids is 2. The van der Waals surface area contributed by atoms with Gasteiger partial charge in [-0.2, -0.15) is 0 Å². The normalized spacial score (nSPS) is 19.1. The number of benzene rings is 1. The van der Waals surface area contributed by atoms with Crippen LogP contribution in [0, 0.1) is 0 Å². The third-order valence-corrected chi connectivity index (χ3v) is 5.61. The van der Waals surface area contributed by atoms with Crippen LogP contribution in [0.2, 0.25) is 5.02 Å². The van der Waals surface area contributed by atoms with Crippen molar-refractivity contribution in [1.29, 1.82) is 0 Å². The molecule has 1 aromatic carbocycles. The maximum Gasteiger partial charge on any atom is 0.268 e.